The lowest BCUT2D eigenvalue weighted by Gasteiger charge is -2.21. The first-order valence-electron chi connectivity index (χ1n) is 5.44. The Bertz CT molecular complexity index is 410. The molecule has 1 aliphatic rings. The molecule has 0 unspecified atom stereocenters. The molecule has 0 radical (unpaired) electrons. The highest BCUT2D eigenvalue weighted by atomic mass is 16.3. The van der Waals surface area contributed by atoms with Gasteiger partial charge in [-0.05, 0) is 25.0 Å². The minimum absolute atomic E-state index is 0.0437. The van der Waals surface area contributed by atoms with Crippen molar-refractivity contribution in [1.82, 2.24) is 4.90 Å². The Kier molecular flexibility index (Phi) is 2.95. The van der Waals surface area contributed by atoms with E-state index in [-0.39, 0.29) is 11.7 Å². The van der Waals surface area contributed by atoms with Gasteiger partial charge in [-0.1, -0.05) is 18.2 Å². The molecule has 1 amide bonds. The van der Waals surface area contributed by atoms with Crippen LogP contribution >= 0.6 is 0 Å². The monoisotopic (exact) mass is 217 g/mol. The van der Waals surface area contributed by atoms with Crippen LogP contribution in [-0.4, -0.2) is 28.5 Å². The smallest absolute Gasteiger partial charge is 0.258 e. The van der Waals surface area contributed by atoms with Crippen LogP contribution in [0.3, 0.4) is 0 Å². The Balaban J connectivity index is 2.22. The summed E-state index contributed by atoms with van der Waals surface area (Å²) in [5.41, 5.74) is 0.372. The van der Waals surface area contributed by atoms with Gasteiger partial charge in [0.05, 0.1) is 5.56 Å². The van der Waals surface area contributed by atoms with Crippen molar-refractivity contribution in [2.24, 2.45) is 0 Å². The van der Waals surface area contributed by atoms with Gasteiger partial charge in [-0.3, -0.25) is 4.79 Å². The molecule has 1 fully saturated rings. The average Bonchev–Trinajstić information content (AvgIpc) is 3.09. The van der Waals surface area contributed by atoms with Crippen LogP contribution < -0.4 is 0 Å². The summed E-state index contributed by atoms with van der Waals surface area (Å²) in [5, 5.41) is 9.63. The number of carbonyl (C=O) groups excluding carboxylic acids is 1. The summed E-state index contributed by atoms with van der Waals surface area (Å²) in [6, 6.07) is 6.97. The van der Waals surface area contributed by atoms with Gasteiger partial charge in [0.15, 0.2) is 0 Å². The summed E-state index contributed by atoms with van der Waals surface area (Å²) >= 11 is 0. The molecule has 1 aromatic carbocycles. The van der Waals surface area contributed by atoms with Crippen LogP contribution in [-0.2, 0) is 0 Å². The topological polar surface area (TPSA) is 40.5 Å². The van der Waals surface area contributed by atoms with Crippen LogP contribution in [0.15, 0.2) is 36.9 Å². The van der Waals surface area contributed by atoms with Crippen LogP contribution in [0.5, 0.6) is 5.75 Å². The standard InChI is InChI=1S/C13H15NO2/c1-2-9-14(10-7-8-10)13(16)11-5-3-4-6-12(11)15/h2-6,10,15H,1,7-9H2. The third-order valence-electron chi connectivity index (χ3n) is 2.71. The second-order valence-corrected chi connectivity index (χ2v) is 3.99. The van der Waals surface area contributed by atoms with E-state index in [1.807, 2.05) is 0 Å². The zero-order chi connectivity index (χ0) is 11.5. The second kappa shape index (κ2) is 4.39. The molecule has 84 valence electrons. The molecule has 0 spiro atoms. The zero-order valence-corrected chi connectivity index (χ0v) is 9.10. The van der Waals surface area contributed by atoms with E-state index in [9.17, 15) is 9.90 Å². The molecule has 3 nitrogen and oxygen atoms in total. The Hall–Kier alpha value is -1.77. The van der Waals surface area contributed by atoms with Gasteiger partial charge in [-0.25, -0.2) is 0 Å². The molecule has 0 aliphatic heterocycles. The van der Waals surface area contributed by atoms with Crippen molar-refractivity contribution in [1.29, 1.82) is 0 Å². The predicted octanol–water partition coefficient (Wildman–Crippen LogP) is 2.18. The normalized spacial score (nSPS) is 14.5. The van der Waals surface area contributed by atoms with Gasteiger partial charge in [0, 0.05) is 12.6 Å². The van der Waals surface area contributed by atoms with Crippen LogP contribution in [0.2, 0.25) is 0 Å². The highest BCUT2D eigenvalue weighted by Gasteiger charge is 2.32. The molecule has 1 saturated carbocycles. The van der Waals surface area contributed by atoms with E-state index in [1.165, 1.54) is 6.07 Å². The van der Waals surface area contributed by atoms with E-state index in [4.69, 9.17) is 0 Å². The number of hydrogen-bond acceptors (Lipinski definition) is 2. The highest BCUT2D eigenvalue weighted by molar-refractivity contribution is 5.97. The zero-order valence-electron chi connectivity index (χ0n) is 9.10. The van der Waals surface area contributed by atoms with Crippen LogP contribution in [0.1, 0.15) is 23.2 Å². The first-order valence-corrected chi connectivity index (χ1v) is 5.44. The number of phenols is 1. The summed E-state index contributed by atoms with van der Waals surface area (Å²) in [6.45, 7) is 4.19. The molecule has 0 atom stereocenters. The molecule has 1 N–H and O–H groups in total. The summed E-state index contributed by atoms with van der Waals surface area (Å²) in [7, 11) is 0. The number of phenolic OH excluding ortho intramolecular Hbond substituents is 1. The summed E-state index contributed by atoms with van der Waals surface area (Å²) in [4.78, 5) is 13.9. The van der Waals surface area contributed by atoms with E-state index < -0.39 is 0 Å². The van der Waals surface area contributed by atoms with Crippen molar-refractivity contribution in [3.05, 3.63) is 42.5 Å². The molecular weight excluding hydrogens is 202 g/mol. The van der Waals surface area contributed by atoms with Gasteiger partial charge >= 0.3 is 0 Å². The second-order valence-electron chi connectivity index (χ2n) is 3.99. The number of para-hydroxylation sites is 1. The summed E-state index contributed by atoms with van der Waals surface area (Å²) in [6.07, 6.45) is 3.82. The number of nitrogens with zero attached hydrogens (tertiary/aromatic N) is 1. The lowest BCUT2D eigenvalue weighted by Crippen LogP contribution is -2.33. The molecule has 0 bridgehead atoms. The van der Waals surface area contributed by atoms with E-state index >= 15 is 0 Å². The number of hydrogen-bond donors (Lipinski definition) is 1. The van der Waals surface area contributed by atoms with Crippen molar-refractivity contribution >= 4 is 5.91 Å². The number of rotatable bonds is 4. The molecule has 0 heterocycles. The van der Waals surface area contributed by atoms with Crippen LogP contribution in [0.4, 0.5) is 0 Å². The van der Waals surface area contributed by atoms with Crippen LogP contribution in [0, 0.1) is 0 Å². The Morgan fingerprint density at radius 3 is 2.75 bits per heavy atom. The fraction of sp³-hybridized carbons (Fsp3) is 0.308. The molecule has 1 aromatic rings. The van der Waals surface area contributed by atoms with Crippen LogP contribution in [0.25, 0.3) is 0 Å². The maximum absolute atomic E-state index is 12.2. The fourth-order valence-electron chi connectivity index (χ4n) is 1.73. The van der Waals surface area contributed by atoms with Crippen molar-refractivity contribution < 1.29 is 9.90 Å². The lowest BCUT2D eigenvalue weighted by atomic mass is 10.1. The average molecular weight is 217 g/mol. The third-order valence-corrected chi connectivity index (χ3v) is 2.71. The van der Waals surface area contributed by atoms with Gasteiger partial charge < -0.3 is 10.0 Å². The van der Waals surface area contributed by atoms with Crippen molar-refractivity contribution in [3.63, 3.8) is 0 Å². The minimum Gasteiger partial charge on any atom is -0.507 e. The summed E-state index contributed by atoms with van der Waals surface area (Å²) < 4.78 is 0. The predicted molar refractivity (Wildman–Crippen MR) is 62.4 cm³/mol. The van der Waals surface area contributed by atoms with Gasteiger partial charge in [-0.15, -0.1) is 6.58 Å². The molecule has 1 aliphatic carbocycles. The molecule has 3 heteroatoms. The largest absolute Gasteiger partial charge is 0.507 e. The maximum atomic E-state index is 12.2. The maximum Gasteiger partial charge on any atom is 0.258 e. The van der Waals surface area contributed by atoms with E-state index in [0.29, 0.717) is 18.2 Å². The Morgan fingerprint density at radius 2 is 2.19 bits per heavy atom. The minimum atomic E-state index is -0.111. The van der Waals surface area contributed by atoms with E-state index in [1.54, 1.807) is 29.2 Å². The van der Waals surface area contributed by atoms with Gasteiger partial charge in [0.1, 0.15) is 5.75 Å². The van der Waals surface area contributed by atoms with Crippen molar-refractivity contribution in [2.75, 3.05) is 6.54 Å². The SMILES string of the molecule is C=CCN(C(=O)c1ccccc1O)C1CC1. The molecule has 0 aromatic heterocycles. The molecular formula is C13H15NO2. The molecule has 16 heavy (non-hydrogen) atoms. The lowest BCUT2D eigenvalue weighted by molar-refractivity contribution is 0.0759. The first kappa shape index (κ1) is 10.7. The summed E-state index contributed by atoms with van der Waals surface area (Å²) in [5.74, 6) is -0.0669. The number of benzene rings is 1. The highest BCUT2D eigenvalue weighted by Crippen LogP contribution is 2.29. The van der Waals surface area contributed by atoms with Gasteiger partial charge in [0.25, 0.3) is 5.91 Å². The molecule has 2 rings (SSSR count). The first-order chi connectivity index (χ1) is 7.74. The quantitative estimate of drug-likeness (QED) is 0.785. The van der Waals surface area contributed by atoms with Gasteiger partial charge in [0.2, 0.25) is 0 Å². The number of amides is 1. The Labute approximate surface area is 95.0 Å². The van der Waals surface area contributed by atoms with E-state index in [0.717, 1.165) is 12.8 Å². The van der Waals surface area contributed by atoms with Crippen molar-refractivity contribution in [3.8, 4) is 5.75 Å². The van der Waals surface area contributed by atoms with E-state index in [2.05, 4.69) is 6.58 Å². The van der Waals surface area contributed by atoms with Crippen molar-refractivity contribution in [2.45, 2.75) is 18.9 Å². The molecule has 0 saturated heterocycles. The number of carbonyl (C=O) groups is 1. The Morgan fingerprint density at radius 1 is 1.50 bits per heavy atom. The van der Waals surface area contributed by atoms with Gasteiger partial charge in [-0.2, -0.15) is 0 Å². The number of aromatic hydroxyl groups is 1. The fourth-order valence-corrected chi connectivity index (χ4v) is 1.73. The third kappa shape index (κ3) is 2.08.